The Morgan fingerprint density at radius 2 is 2.03 bits per heavy atom. The number of nitrogens with zero attached hydrogens (tertiary/aromatic N) is 1. The van der Waals surface area contributed by atoms with Crippen LogP contribution in [-0.2, 0) is 14.3 Å². The molecule has 1 saturated carbocycles. The van der Waals surface area contributed by atoms with Gasteiger partial charge in [0.15, 0.2) is 0 Å². The van der Waals surface area contributed by atoms with E-state index in [1.165, 1.54) is 6.42 Å². The number of carbonyl (C=O) groups excluding carboxylic acids is 1. The maximum Gasteiger partial charge on any atom is 0.256 e. The van der Waals surface area contributed by atoms with Gasteiger partial charge in [0.2, 0.25) is 0 Å². The molecular weight excluding hydrogens is 368 g/mol. The van der Waals surface area contributed by atoms with E-state index in [1.807, 2.05) is 31.2 Å². The fourth-order valence-corrected chi connectivity index (χ4v) is 4.36. The Kier molecular flexibility index (Phi) is 8.33. The third kappa shape index (κ3) is 6.43. The van der Waals surface area contributed by atoms with E-state index in [9.17, 15) is 4.79 Å². The molecule has 1 aliphatic carbocycles. The molecule has 6 nitrogen and oxygen atoms in total. The van der Waals surface area contributed by atoms with Crippen molar-refractivity contribution in [1.82, 2.24) is 4.90 Å². The summed E-state index contributed by atoms with van der Waals surface area (Å²) >= 11 is 0. The fraction of sp³-hybridized carbons (Fsp3) is 0.696. The predicted octanol–water partition coefficient (Wildman–Crippen LogP) is 3.71. The summed E-state index contributed by atoms with van der Waals surface area (Å²) in [6, 6.07) is 7.64. The van der Waals surface area contributed by atoms with Gasteiger partial charge in [-0.05, 0) is 62.8 Å². The van der Waals surface area contributed by atoms with Crippen molar-refractivity contribution in [3.63, 3.8) is 0 Å². The monoisotopic (exact) mass is 404 g/mol. The van der Waals surface area contributed by atoms with Gasteiger partial charge in [-0.15, -0.1) is 0 Å². The molecule has 6 heteroatoms. The number of carbonyl (C=O) groups is 1. The zero-order valence-electron chi connectivity index (χ0n) is 18.0. The summed E-state index contributed by atoms with van der Waals surface area (Å²) < 4.78 is 17.2. The van der Waals surface area contributed by atoms with Crippen molar-refractivity contribution < 1.29 is 19.0 Å². The molecule has 1 aromatic rings. The predicted molar refractivity (Wildman–Crippen MR) is 114 cm³/mol. The number of rotatable bonds is 9. The lowest BCUT2D eigenvalue weighted by atomic mass is 9.78. The van der Waals surface area contributed by atoms with Crippen molar-refractivity contribution in [1.29, 1.82) is 0 Å². The molecule has 1 heterocycles. The van der Waals surface area contributed by atoms with Gasteiger partial charge in [-0.2, -0.15) is 0 Å². The van der Waals surface area contributed by atoms with Crippen molar-refractivity contribution in [3.05, 3.63) is 24.3 Å². The van der Waals surface area contributed by atoms with Crippen LogP contribution in [0.25, 0.3) is 0 Å². The molecule has 2 fully saturated rings. The van der Waals surface area contributed by atoms with Crippen LogP contribution in [0.2, 0.25) is 0 Å². The molecule has 1 aliphatic heterocycles. The van der Waals surface area contributed by atoms with Crippen LogP contribution in [0, 0.1) is 5.92 Å². The van der Waals surface area contributed by atoms with Gasteiger partial charge in [-0.1, -0.05) is 13.3 Å². The third-order valence-electron chi connectivity index (χ3n) is 5.89. The average molecular weight is 405 g/mol. The Morgan fingerprint density at radius 1 is 1.28 bits per heavy atom. The topological polar surface area (TPSA) is 60.0 Å². The number of hydrogen-bond donors (Lipinski definition) is 1. The van der Waals surface area contributed by atoms with Crippen LogP contribution in [0.3, 0.4) is 0 Å². The van der Waals surface area contributed by atoms with Crippen molar-refractivity contribution >= 4 is 11.6 Å². The van der Waals surface area contributed by atoms with Gasteiger partial charge >= 0.3 is 0 Å². The molecule has 0 spiro atoms. The van der Waals surface area contributed by atoms with Crippen molar-refractivity contribution in [2.75, 3.05) is 51.4 Å². The van der Waals surface area contributed by atoms with E-state index in [-0.39, 0.29) is 5.91 Å². The number of benzene rings is 1. The van der Waals surface area contributed by atoms with Gasteiger partial charge in [-0.25, -0.2) is 0 Å². The van der Waals surface area contributed by atoms with E-state index in [1.54, 1.807) is 0 Å². The zero-order valence-corrected chi connectivity index (χ0v) is 18.0. The van der Waals surface area contributed by atoms with Crippen LogP contribution in [0.5, 0.6) is 5.75 Å². The van der Waals surface area contributed by atoms with E-state index >= 15 is 0 Å². The van der Waals surface area contributed by atoms with E-state index in [0.717, 1.165) is 70.0 Å². The SMILES string of the molecule is CCO[C@]1(C(=O)Nc2ccc(OCCCN3CCOCC3)cc2)CCC[C@@H](C)C1. The lowest BCUT2D eigenvalue weighted by molar-refractivity contribution is -0.147. The minimum atomic E-state index is -0.693. The van der Waals surface area contributed by atoms with Crippen LogP contribution in [-0.4, -0.2) is 62.5 Å². The summed E-state index contributed by atoms with van der Waals surface area (Å²) in [5.41, 5.74) is 0.0918. The smallest absolute Gasteiger partial charge is 0.256 e. The molecule has 1 aromatic carbocycles. The first-order valence-electron chi connectivity index (χ1n) is 11.1. The molecule has 0 unspecified atom stereocenters. The molecule has 1 N–H and O–H groups in total. The zero-order chi connectivity index (χ0) is 20.5. The normalized spacial score (nSPS) is 25.5. The lowest BCUT2D eigenvalue weighted by Gasteiger charge is -2.38. The largest absolute Gasteiger partial charge is 0.494 e. The Morgan fingerprint density at radius 3 is 2.72 bits per heavy atom. The van der Waals surface area contributed by atoms with Crippen molar-refractivity contribution in [2.24, 2.45) is 5.92 Å². The molecule has 2 aliphatic rings. The molecular formula is C23H36N2O4. The van der Waals surface area contributed by atoms with Gasteiger partial charge in [-0.3, -0.25) is 9.69 Å². The van der Waals surface area contributed by atoms with Crippen molar-refractivity contribution in [3.8, 4) is 5.75 Å². The molecule has 162 valence electrons. The lowest BCUT2D eigenvalue weighted by Crippen LogP contribution is -2.48. The number of morpholine rings is 1. The van der Waals surface area contributed by atoms with Gasteiger partial charge in [0.05, 0.1) is 19.8 Å². The highest BCUT2D eigenvalue weighted by Gasteiger charge is 2.42. The maximum absolute atomic E-state index is 13.0. The molecule has 1 amide bonds. The molecule has 3 rings (SSSR count). The van der Waals surface area contributed by atoms with E-state index in [2.05, 4.69) is 17.1 Å². The second-order valence-electron chi connectivity index (χ2n) is 8.26. The summed E-state index contributed by atoms with van der Waals surface area (Å²) in [6.07, 6.45) is 4.78. The average Bonchev–Trinajstić information content (AvgIpc) is 2.73. The molecule has 1 saturated heterocycles. The first kappa shape index (κ1) is 22.1. The summed E-state index contributed by atoms with van der Waals surface area (Å²) in [5, 5.41) is 3.06. The Bertz CT molecular complexity index is 626. The molecule has 29 heavy (non-hydrogen) atoms. The molecule has 0 aromatic heterocycles. The second kappa shape index (κ2) is 11.0. The first-order valence-corrected chi connectivity index (χ1v) is 11.1. The highest BCUT2D eigenvalue weighted by Crippen LogP contribution is 2.36. The second-order valence-corrected chi connectivity index (χ2v) is 8.26. The van der Waals surface area contributed by atoms with Gasteiger partial charge in [0, 0.05) is 31.9 Å². The Labute approximate surface area is 174 Å². The first-order chi connectivity index (χ1) is 14.1. The third-order valence-corrected chi connectivity index (χ3v) is 5.89. The minimum absolute atomic E-state index is 0.0231. The van der Waals surface area contributed by atoms with Crippen molar-refractivity contribution in [2.45, 2.75) is 51.6 Å². The van der Waals surface area contributed by atoms with Gasteiger partial charge in [0.25, 0.3) is 5.91 Å². The summed E-state index contributed by atoms with van der Waals surface area (Å²) in [4.78, 5) is 15.4. The number of anilines is 1. The Balaban J connectivity index is 1.45. The minimum Gasteiger partial charge on any atom is -0.494 e. The number of ether oxygens (including phenoxy) is 3. The van der Waals surface area contributed by atoms with E-state index in [0.29, 0.717) is 19.1 Å². The van der Waals surface area contributed by atoms with Gasteiger partial charge in [0.1, 0.15) is 11.4 Å². The molecule has 2 atom stereocenters. The highest BCUT2D eigenvalue weighted by molar-refractivity contribution is 5.97. The Hall–Kier alpha value is -1.63. The van der Waals surface area contributed by atoms with E-state index < -0.39 is 5.60 Å². The molecule has 0 radical (unpaired) electrons. The highest BCUT2D eigenvalue weighted by atomic mass is 16.5. The van der Waals surface area contributed by atoms with Crippen LogP contribution in [0.1, 0.15) is 46.0 Å². The standard InChI is InChI=1S/C23H36N2O4/c1-3-29-23(11-4-6-19(2)18-23)22(26)24-20-7-9-21(10-8-20)28-15-5-12-25-13-16-27-17-14-25/h7-10,19H,3-6,11-18H2,1-2H3,(H,24,26)/t19-,23-/m1/s1. The summed E-state index contributed by atoms with van der Waals surface area (Å²) in [6.45, 7) is 10.1. The molecule has 0 bridgehead atoms. The summed E-state index contributed by atoms with van der Waals surface area (Å²) in [7, 11) is 0. The van der Waals surface area contributed by atoms with E-state index in [4.69, 9.17) is 14.2 Å². The van der Waals surface area contributed by atoms with Crippen LogP contribution < -0.4 is 10.1 Å². The fourth-order valence-electron chi connectivity index (χ4n) is 4.36. The number of amides is 1. The number of hydrogen-bond acceptors (Lipinski definition) is 5. The van der Waals surface area contributed by atoms with Crippen LogP contribution in [0.4, 0.5) is 5.69 Å². The maximum atomic E-state index is 13.0. The van der Waals surface area contributed by atoms with Gasteiger partial charge < -0.3 is 19.5 Å². The van der Waals surface area contributed by atoms with Crippen LogP contribution in [0.15, 0.2) is 24.3 Å². The quantitative estimate of drug-likeness (QED) is 0.636. The van der Waals surface area contributed by atoms with Crippen LogP contribution >= 0.6 is 0 Å². The number of nitrogens with one attached hydrogen (secondary N) is 1. The summed E-state index contributed by atoms with van der Waals surface area (Å²) in [5.74, 6) is 1.31.